The zero-order chi connectivity index (χ0) is 9.40. The van der Waals surface area contributed by atoms with Gasteiger partial charge in [0.25, 0.3) is 0 Å². The van der Waals surface area contributed by atoms with Crippen LogP contribution in [0.3, 0.4) is 0 Å². The lowest BCUT2D eigenvalue weighted by atomic mass is 10.4. The summed E-state index contributed by atoms with van der Waals surface area (Å²) in [7, 11) is 1.56. The number of halogens is 1. The second-order valence-corrected chi connectivity index (χ2v) is 3.64. The molecule has 1 unspecified atom stereocenters. The Bertz CT molecular complexity index is 154. The predicted octanol–water partition coefficient (Wildman–Crippen LogP) is 1.52. The number of allylic oxidation sites excluding steroid dienone is 1. The maximum atomic E-state index is 10.8. The van der Waals surface area contributed by atoms with Gasteiger partial charge in [-0.2, -0.15) is 0 Å². The largest absolute Gasteiger partial charge is 0.460 e. The number of hydrogen-bond acceptors (Lipinski definition) is 3. The molecule has 0 aliphatic carbocycles. The fraction of sp³-hybridized carbons (Fsp3) is 0.625. The van der Waals surface area contributed by atoms with Gasteiger partial charge >= 0.3 is 5.97 Å². The summed E-state index contributed by atoms with van der Waals surface area (Å²) in [5.41, 5.74) is 0. The van der Waals surface area contributed by atoms with Crippen LogP contribution in [0.5, 0.6) is 0 Å². The Balaban J connectivity index is 3.46. The van der Waals surface area contributed by atoms with E-state index >= 15 is 0 Å². The van der Waals surface area contributed by atoms with Crippen molar-refractivity contribution in [3.8, 4) is 0 Å². The van der Waals surface area contributed by atoms with Crippen LogP contribution in [0, 0.1) is 0 Å². The first-order valence-electron chi connectivity index (χ1n) is 3.64. The lowest BCUT2D eigenvalue weighted by molar-refractivity contribution is -0.138. The first kappa shape index (κ1) is 11.6. The van der Waals surface area contributed by atoms with Crippen LogP contribution in [0.25, 0.3) is 0 Å². The molecule has 0 amide bonds. The molecule has 0 aliphatic heterocycles. The van der Waals surface area contributed by atoms with Crippen LogP contribution in [-0.2, 0) is 14.3 Å². The quantitative estimate of drug-likeness (QED) is 0.314. The number of esters is 1. The van der Waals surface area contributed by atoms with Crippen molar-refractivity contribution in [3.63, 3.8) is 0 Å². The standard InChI is InChI=1S/C8H13BrO3/c1-7(9)3-4-8(10)12-6-5-11-2/h3-4,7H,5-6H2,1-2H3. The average Bonchev–Trinajstić information content (AvgIpc) is 2.01. The van der Waals surface area contributed by atoms with Crippen LogP contribution in [0.15, 0.2) is 12.2 Å². The maximum absolute atomic E-state index is 10.8. The molecule has 12 heavy (non-hydrogen) atoms. The summed E-state index contributed by atoms with van der Waals surface area (Å²) in [5, 5.41) is 0. The van der Waals surface area contributed by atoms with E-state index in [4.69, 9.17) is 9.47 Å². The highest BCUT2D eigenvalue weighted by atomic mass is 79.9. The van der Waals surface area contributed by atoms with Gasteiger partial charge in [0.15, 0.2) is 0 Å². The molecule has 0 saturated carbocycles. The SMILES string of the molecule is COCCOC(=O)C=CC(C)Br. The van der Waals surface area contributed by atoms with Crippen molar-refractivity contribution in [2.24, 2.45) is 0 Å². The van der Waals surface area contributed by atoms with Gasteiger partial charge in [-0.05, 0) is 6.92 Å². The van der Waals surface area contributed by atoms with E-state index < -0.39 is 0 Å². The summed E-state index contributed by atoms with van der Waals surface area (Å²) in [6, 6.07) is 0. The molecule has 0 heterocycles. The summed E-state index contributed by atoms with van der Waals surface area (Å²) in [5.74, 6) is -0.335. The first-order valence-corrected chi connectivity index (χ1v) is 4.56. The molecular weight excluding hydrogens is 224 g/mol. The Morgan fingerprint density at radius 2 is 2.25 bits per heavy atom. The van der Waals surface area contributed by atoms with Gasteiger partial charge in [0.2, 0.25) is 0 Å². The Morgan fingerprint density at radius 3 is 2.75 bits per heavy atom. The topological polar surface area (TPSA) is 35.5 Å². The third-order valence-corrected chi connectivity index (χ3v) is 1.33. The smallest absolute Gasteiger partial charge is 0.330 e. The number of hydrogen-bond donors (Lipinski definition) is 0. The van der Waals surface area contributed by atoms with E-state index in [0.717, 1.165) is 0 Å². The second kappa shape index (κ2) is 7.31. The van der Waals surface area contributed by atoms with Gasteiger partial charge in [0.1, 0.15) is 6.61 Å². The molecule has 4 heteroatoms. The number of alkyl halides is 1. The van der Waals surface area contributed by atoms with E-state index in [-0.39, 0.29) is 10.8 Å². The van der Waals surface area contributed by atoms with Crippen molar-refractivity contribution >= 4 is 21.9 Å². The Hall–Kier alpha value is -0.350. The van der Waals surface area contributed by atoms with Gasteiger partial charge < -0.3 is 9.47 Å². The molecule has 0 spiro atoms. The molecule has 3 nitrogen and oxygen atoms in total. The molecule has 0 N–H and O–H groups in total. The fourth-order valence-electron chi connectivity index (χ4n) is 0.485. The van der Waals surface area contributed by atoms with E-state index in [1.54, 1.807) is 13.2 Å². The summed E-state index contributed by atoms with van der Waals surface area (Å²) < 4.78 is 9.47. The minimum atomic E-state index is -0.335. The Kier molecular flexibility index (Phi) is 7.09. The summed E-state index contributed by atoms with van der Waals surface area (Å²) in [6.45, 7) is 2.65. The van der Waals surface area contributed by atoms with Crippen molar-refractivity contribution in [1.82, 2.24) is 0 Å². The van der Waals surface area contributed by atoms with E-state index in [2.05, 4.69) is 15.9 Å². The van der Waals surface area contributed by atoms with Crippen LogP contribution in [0.1, 0.15) is 6.92 Å². The molecule has 0 saturated heterocycles. The van der Waals surface area contributed by atoms with Crippen molar-refractivity contribution in [2.45, 2.75) is 11.8 Å². The summed E-state index contributed by atoms with van der Waals surface area (Å²) in [6.07, 6.45) is 3.12. The van der Waals surface area contributed by atoms with Gasteiger partial charge in [0, 0.05) is 18.0 Å². The Labute approximate surface area is 80.9 Å². The minimum absolute atomic E-state index is 0.187. The maximum Gasteiger partial charge on any atom is 0.330 e. The number of rotatable bonds is 5. The molecule has 0 aromatic heterocycles. The molecule has 0 radical (unpaired) electrons. The molecule has 0 aromatic carbocycles. The lowest BCUT2D eigenvalue weighted by Crippen LogP contribution is -2.07. The molecule has 0 rings (SSSR count). The second-order valence-electron chi connectivity index (χ2n) is 2.20. The fourth-order valence-corrected chi connectivity index (χ4v) is 0.637. The monoisotopic (exact) mass is 236 g/mol. The van der Waals surface area contributed by atoms with E-state index in [1.807, 2.05) is 6.92 Å². The van der Waals surface area contributed by atoms with Crippen LogP contribution in [0.2, 0.25) is 0 Å². The van der Waals surface area contributed by atoms with Crippen molar-refractivity contribution < 1.29 is 14.3 Å². The zero-order valence-corrected chi connectivity index (χ0v) is 8.83. The van der Waals surface area contributed by atoms with Gasteiger partial charge in [-0.3, -0.25) is 0 Å². The average molecular weight is 237 g/mol. The van der Waals surface area contributed by atoms with Crippen LogP contribution >= 0.6 is 15.9 Å². The van der Waals surface area contributed by atoms with Crippen LogP contribution < -0.4 is 0 Å². The highest BCUT2D eigenvalue weighted by molar-refractivity contribution is 9.09. The first-order chi connectivity index (χ1) is 5.66. The lowest BCUT2D eigenvalue weighted by Gasteiger charge is -1.99. The predicted molar refractivity (Wildman–Crippen MR) is 50.4 cm³/mol. The van der Waals surface area contributed by atoms with Crippen molar-refractivity contribution in [1.29, 1.82) is 0 Å². The molecule has 0 bridgehead atoms. The van der Waals surface area contributed by atoms with Crippen LogP contribution in [-0.4, -0.2) is 31.1 Å². The number of carbonyl (C=O) groups is 1. The number of methoxy groups -OCH3 is 1. The molecule has 0 aliphatic rings. The van der Waals surface area contributed by atoms with Gasteiger partial charge in [-0.25, -0.2) is 4.79 Å². The molecular formula is C8H13BrO3. The molecule has 0 aromatic rings. The van der Waals surface area contributed by atoms with E-state index in [1.165, 1.54) is 6.08 Å². The summed E-state index contributed by atoms with van der Waals surface area (Å²) >= 11 is 3.27. The molecule has 0 fully saturated rings. The third-order valence-electron chi connectivity index (χ3n) is 1.03. The van der Waals surface area contributed by atoms with E-state index in [0.29, 0.717) is 13.2 Å². The highest BCUT2D eigenvalue weighted by Gasteiger charge is 1.96. The van der Waals surface area contributed by atoms with Gasteiger partial charge in [0.05, 0.1) is 6.61 Å². The Morgan fingerprint density at radius 1 is 1.58 bits per heavy atom. The molecule has 70 valence electrons. The summed E-state index contributed by atoms with van der Waals surface area (Å²) in [4.78, 5) is 11.0. The van der Waals surface area contributed by atoms with Crippen molar-refractivity contribution in [2.75, 3.05) is 20.3 Å². The number of ether oxygens (including phenoxy) is 2. The normalized spacial score (nSPS) is 13.2. The van der Waals surface area contributed by atoms with Gasteiger partial charge in [-0.1, -0.05) is 22.0 Å². The minimum Gasteiger partial charge on any atom is -0.460 e. The van der Waals surface area contributed by atoms with Crippen LogP contribution in [0.4, 0.5) is 0 Å². The van der Waals surface area contributed by atoms with Gasteiger partial charge in [-0.15, -0.1) is 0 Å². The molecule has 1 atom stereocenters. The zero-order valence-electron chi connectivity index (χ0n) is 7.25. The van der Waals surface area contributed by atoms with Crippen molar-refractivity contribution in [3.05, 3.63) is 12.2 Å². The third kappa shape index (κ3) is 7.75. The number of carbonyl (C=O) groups excluding carboxylic acids is 1. The van der Waals surface area contributed by atoms with E-state index in [9.17, 15) is 4.79 Å². The highest BCUT2D eigenvalue weighted by Crippen LogP contribution is 1.98.